The van der Waals surface area contributed by atoms with Crippen LogP contribution in [0.5, 0.6) is 11.5 Å². The average Bonchev–Trinajstić information content (AvgIpc) is 2.90. The van der Waals surface area contributed by atoms with Crippen LogP contribution in [-0.2, 0) is 0 Å². The van der Waals surface area contributed by atoms with Crippen LogP contribution in [0.15, 0.2) is 76.3 Å². The standard InChI is InChI=1S/C26H24N4O6/c1-3-13-36-21-12-10-17(15-22(21)35-2)24(32)29-28-23(31)16-9-11-19-20(14-16)27-26(34)30(25(19)33)18-7-5-4-6-8-18/h4-12,14-15H,3,13H2,1-2H3,(H,27,34)(H,28,31)(H,29,32). The molecule has 10 nitrogen and oxygen atoms in total. The summed E-state index contributed by atoms with van der Waals surface area (Å²) in [6, 6.07) is 17.4. The number of ether oxygens (including phenoxy) is 2. The smallest absolute Gasteiger partial charge is 0.333 e. The van der Waals surface area contributed by atoms with Gasteiger partial charge in [-0.1, -0.05) is 25.1 Å². The van der Waals surface area contributed by atoms with Crippen molar-refractivity contribution < 1.29 is 19.1 Å². The van der Waals surface area contributed by atoms with E-state index in [1.807, 2.05) is 6.92 Å². The fourth-order valence-corrected chi connectivity index (χ4v) is 3.57. The number of H-pyrrole nitrogens is 1. The van der Waals surface area contributed by atoms with E-state index in [4.69, 9.17) is 9.47 Å². The monoisotopic (exact) mass is 488 g/mol. The first kappa shape index (κ1) is 24.3. The summed E-state index contributed by atoms with van der Waals surface area (Å²) in [7, 11) is 1.47. The van der Waals surface area contributed by atoms with Crippen LogP contribution in [0.3, 0.4) is 0 Å². The van der Waals surface area contributed by atoms with Crippen LogP contribution in [0.2, 0.25) is 0 Å². The number of benzene rings is 3. The molecule has 3 aromatic carbocycles. The van der Waals surface area contributed by atoms with Gasteiger partial charge in [0.1, 0.15) is 0 Å². The van der Waals surface area contributed by atoms with Crippen molar-refractivity contribution in [3.05, 3.63) is 98.7 Å². The van der Waals surface area contributed by atoms with Gasteiger partial charge in [-0.2, -0.15) is 0 Å². The molecule has 0 atom stereocenters. The number of rotatable bonds is 7. The van der Waals surface area contributed by atoms with Crippen LogP contribution in [0.25, 0.3) is 16.6 Å². The lowest BCUT2D eigenvalue weighted by atomic mass is 10.1. The molecule has 4 rings (SSSR count). The zero-order chi connectivity index (χ0) is 25.7. The summed E-state index contributed by atoms with van der Waals surface area (Å²) < 4.78 is 11.9. The molecule has 4 aromatic rings. The maximum atomic E-state index is 12.9. The molecule has 1 aromatic heterocycles. The predicted molar refractivity (Wildman–Crippen MR) is 134 cm³/mol. The molecule has 0 radical (unpaired) electrons. The summed E-state index contributed by atoms with van der Waals surface area (Å²) in [5.74, 6) is -0.296. The van der Waals surface area contributed by atoms with Crippen LogP contribution >= 0.6 is 0 Å². The van der Waals surface area contributed by atoms with Gasteiger partial charge in [0, 0.05) is 11.1 Å². The summed E-state index contributed by atoms with van der Waals surface area (Å²) in [6.07, 6.45) is 0.823. The summed E-state index contributed by atoms with van der Waals surface area (Å²) >= 11 is 0. The van der Waals surface area contributed by atoms with Crippen molar-refractivity contribution in [2.75, 3.05) is 13.7 Å². The number of hydrogen-bond acceptors (Lipinski definition) is 6. The summed E-state index contributed by atoms with van der Waals surface area (Å²) in [4.78, 5) is 53.3. The second kappa shape index (κ2) is 10.6. The minimum Gasteiger partial charge on any atom is -0.493 e. The molecule has 0 aliphatic heterocycles. The Morgan fingerprint density at radius 2 is 1.56 bits per heavy atom. The lowest BCUT2D eigenvalue weighted by Crippen LogP contribution is -2.41. The Bertz CT molecular complexity index is 1540. The molecule has 184 valence electrons. The van der Waals surface area contributed by atoms with Crippen molar-refractivity contribution in [2.24, 2.45) is 0 Å². The normalized spacial score (nSPS) is 10.6. The Balaban J connectivity index is 1.51. The molecular formula is C26H24N4O6. The van der Waals surface area contributed by atoms with Crippen molar-refractivity contribution in [3.63, 3.8) is 0 Å². The minimum atomic E-state index is -0.634. The van der Waals surface area contributed by atoms with E-state index in [1.54, 1.807) is 42.5 Å². The number of hydrogen-bond donors (Lipinski definition) is 3. The fraction of sp³-hybridized carbons (Fsp3) is 0.154. The van der Waals surface area contributed by atoms with E-state index in [9.17, 15) is 19.2 Å². The van der Waals surface area contributed by atoms with Gasteiger partial charge in [-0.25, -0.2) is 9.36 Å². The fourth-order valence-electron chi connectivity index (χ4n) is 3.57. The van der Waals surface area contributed by atoms with Gasteiger partial charge in [0.05, 0.1) is 30.3 Å². The number of para-hydroxylation sites is 1. The van der Waals surface area contributed by atoms with Gasteiger partial charge in [-0.05, 0) is 55.0 Å². The van der Waals surface area contributed by atoms with Crippen molar-refractivity contribution in [1.82, 2.24) is 20.4 Å². The lowest BCUT2D eigenvalue weighted by Gasteiger charge is -2.12. The van der Waals surface area contributed by atoms with E-state index in [2.05, 4.69) is 15.8 Å². The van der Waals surface area contributed by atoms with Gasteiger partial charge >= 0.3 is 5.69 Å². The Kier molecular flexibility index (Phi) is 7.15. The number of methoxy groups -OCH3 is 1. The molecule has 0 aliphatic rings. The van der Waals surface area contributed by atoms with E-state index < -0.39 is 23.1 Å². The molecule has 0 spiro atoms. The average molecular weight is 489 g/mol. The number of hydrazine groups is 1. The van der Waals surface area contributed by atoms with Crippen LogP contribution in [0.4, 0.5) is 0 Å². The number of amides is 2. The number of fused-ring (bicyclic) bond motifs is 1. The number of carbonyl (C=O) groups excluding carboxylic acids is 2. The molecule has 0 unspecified atom stereocenters. The van der Waals surface area contributed by atoms with Gasteiger partial charge in [0.15, 0.2) is 11.5 Å². The number of aromatic nitrogens is 2. The Morgan fingerprint density at radius 3 is 2.22 bits per heavy atom. The zero-order valence-corrected chi connectivity index (χ0v) is 19.7. The van der Waals surface area contributed by atoms with Crippen LogP contribution < -0.4 is 31.6 Å². The SMILES string of the molecule is CCCOc1ccc(C(=O)NNC(=O)c2ccc3c(=O)n(-c4ccccc4)c(=O)[nH]c3c2)cc1OC. The van der Waals surface area contributed by atoms with Gasteiger partial charge < -0.3 is 14.5 Å². The maximum absolute atomic E-state index is 12.9. The number of carbonyl (C=O) groups is 2. The number of nitrogens with one attached hydrogen (secondary N) is 3. The van der Waals surface area contributed by atoms with E-state index in [0.717, 1.165) is 11.0 Å². The topological polar surface area (TPSA) is 132 Å². The first-order valence-electron chi connectivity index (χ1n) is 11.2. The van der Waals surface area contributed by atoms with Crippen molar-refractivity contribution in [3.8, 4) is 17.2 Å². The molecule has 0 saturated carbocycles. The number of aromatic amines is 1. The molecular weight excluding hydrogens is 464 g/mol. The van der Waals surface area contributed by atoms with E-state index in [0.29, 0.717) is 23.8 Å². The molecule has 3 N–H and O–H groups in total. The first-order chi connectivity index (χ1) is 17.4. The third-order valence-electron chi connectivity index (χ3n) is 5.35. The van der Waals surface area contributed by atoms with Crippen molar-refractivity contribution >= 4 is 22.7 Å². The van der Waals surface area contributed by atoms with Gasteiger partial charge in [-0.3, -0.25) is 25.2 Å². The zero-order valence-electron chi connectivity index (χ0n) is 19.7. The third-order valence-corrected chi connectivity index (χ3v) is 5.35. The van der Waals surface area contributed by atoms with Crippen molar-refractivity contribution in [2.45, 2.75) is 13.3 Å². The van der Waals surface area contributed by atoms with Crippen LogP contribution in [-0.4, -0.2) is 35.1 Å². The highest BCUT2D eigenvalue weighted by atomic mass is 16.5. The lowest BCUT2D eigenvalue weighted by molar-refractivity contribution is 0.0846. The van der Waals surface area contributed by atoms with E-state index in [1.165, 1.54) is 31.4 Å². The second-order valence-corrected chi connectivity index (χ2v) is 7.79. The maximum Gasteiger partial charge on any atom is 0.333 e. The molecule has 36 heavy (non-hydrogen) atoms. The third kappa shape index (κ3) is 4.97. The second-order valence-electron chi connectivity index (χ2n) is 7.79. The van der Waals surface area contributed by atoms with Gasteiger partial charge in [0.2, 0.25) is 0 Å². The molecule has 0 bridgehead atoms. The molecule has 2 amide bonds. The first-order valence-corrected chi connectivity index (χ1v) is 11.2. The molecule has 0 aliphatic carbocycles. The highest BCUT2D eigenvalue weighted by Gasteiger charge is 2.15. The largest absolute Gasteiger partial charge is 0.493 e. The molecule has 0 saturated heterocycles. The highest BCUT2D eigenvalue weighted by Crippen LogP contribution is 2.28. The van der Waals surface area contributed by atoms with Gasteiger partial charge in [0.25, 0.3) is 17.4 Å². The molecule has 0 fully saturated rings. The van der Waals surface area contributed by atoms with Crippen molar-refractivity contribution in [1.29, 1.82) is 0 Å². The minimum absolute atomic E-state index is 0.135. The Labute approximate surface area is 205 Å². The van der Waals surface area contributed by atoms with Gasteiger partial charge in [-0.15, -0.1) is 0 Å². The molecule has 1 heterocycles. The summed E-state index contributed by atoms with van der Waals surface area (Å²) in [5, 5.41) is 0.233. The summed E-state index contributed by atoms with van der Waals surface area (Å²) in [6.45, 7) is 2.49. The quantitative estimate of drug-likeness (QED) is 0.343. The Morgan fingerprint density at radius 1 is 0.889 bits per heavy atom. The van der Waals surface area contributed by atoms with Crippen LogP contribution in [0.1, 0.15) is 34.1 Å². The number of nitrogens with zero attached hydrogens (tertiary/aromatic N) is 1. The molecule has 10 heteroatoms. The summed E-state index contributed by atoms with van der Waals surface area (Å²) in [5.41, 5.74) is 4.53. The van der Waals surface area contributed by atoms with E-state index >= 15 is 0 Å². The van der Waals surface area contributed by atoms with E-state index in [-0.39, 0.29) is 22.0 Å². The van der Waals surface area contributed by atoms with Crippen LogP contribution in [0, 0.1) is 0 Å². The predicted octanol–water partition coefficient (Wildman–Crippen LogP) is 2.55. The Hall–Kier alpha value is -4.86. The highest BCUT2D eigenvalue weighted by molar-refractivity contribution is 6.01.